The lowest BCUT2D eigenvalue weighted by molar-refractivity contribution is 0.0532. The van der Waals surface area contributed by atoms with Crippen molar-refractivity contribution in [1.29, 1.82) is 0 Å². The topological polar surface area (TPSA) is 50.9 Å². The average molecular weight is 294 g/mol. The number of nitrogens with zero attached hydrogens (tertiary/aromatic N) is 2. The summed E-state index contributed by atoms with van der Waals surface area (Å²) >= 11 is 5.97. The monoisotopic (exact) mass is 293 g/mol. The number of rotatable bonds is 2. The van der Waals surface area contributed by atoms with E-state index in [1.807, 2.05) is 24.3 Å². The quantitative estimate of drug-likeness (QED) is 0.912. The molecule has 1 spiro atoms. The molecule has 1 heterocycles. The van der Waals surface area contributed by atoms with Crippen LogP contribution < -0.4 is 10.6 Å². The fourth-order valence-electron chi connectivity index (χ4n) is 3.35. The Morgan fingerprint density at radius 2 is 1.95 bits per heavy atom. The van der Waals surface area contributed by atoms with E-state index >= 15 is 0 Å². The van der Waals surface area contributed by atoms with Crippen LogP contribution in [-0.2, 0) is 4.74 Å². The normalized spacial score (nSPS) is 29.8. The van der Waals surface area contributed by atoms with Crippen molar-refractivity contribution in [3.8, 4) is 0 Å². The van der Waals surface area contributed by atoms with Gasteiger partial charge in [-0.05, 0) is 49.9 Å². The van der Waals surface area contributed by atoms with Crippen LogP contribution in [0.25, 0.3) is 0 Å². The predicted molar refractivity (Wildman–Crippen MR) is 82.4 cm³/mol. The first-order valence-electron chi connectivity index (χ1n) is 7.03. The second-order valence-corrected chi connectivity index (χ2v) is 6.08. The van der Waals surface area contributed by atoms with Crippen molar-refractivity contribution in [3.63, 3.8) is 0 Å². The lowest BCUT2D eigenvalue weighted by Crippen LogP contribution is -2.54. The molecule has 1 saturated carbocycles. The molecule has 0 atom stereocenters. The Kier molecular flexibility index (Phi) is 3.61. The van der Waals surface area contributed by atoms with Crippen molar-refractivity contribution in [1.82, 2.24) is 0 Å². The van der Waals surface area contributed by atoms with Crippen molar-refractivity contribution in [2.75, 3.05) is 18.6 Å². The standard InChI is InChI=1S/C15H20ClN3O/c1-20-13-6-8-15(9-7-13)10-18-14(17)19(15)12-4-2-11(16)3-5-12/h2-5,13H,6-10H2,1H3,(H2,17,18). The summed E-state index contributed by atoms with van der Waals surface area (Å²) in [4.78, 5) is 6.68. The summed E-state index contributed by atoms with van der Waals surface area (Å²) in [5, 5.41) is 0.737. The highest BCUT2D eigenvalue weighted by atomic mass is 35.5. The third-order valence-corrected chi connectivity index (χ3v) is 4.77. The van der Waals surface area contributed by atoms with Crippen molar-refractivity contribution in [3.05, 3.63) is 29.3 Å². The van der Waals surface area contributed by atoms with Crippen LogP contribution in [-0.4, -0.2) is 31.3 Å². The Labute approximate surface area is 124 Å². The summed E-state index contributed by atoms with van der Waals surface area (Å²) in [6, 6.07) is 7.83. The van der Waals surface area contributed by atoms with E-state index in [-0.39, 0.29) is 5.54 Å². The second-order valence-electron chi connectivity index (χ2n) is 5.65. The molecule has 1 aromatic carbocycles. The largest absolute Gasteiger partial charge is 0.381 e. The van der Waals surface area contributed by atoms with Crippen molar-refractivity contribution in [2.45, 2.75) is 37.3 Å². The third kappa shape index (κ3) is 2.27. The number of hydrogen-bond donors (Lipinski definition) is 1. The van der Waals surface area contributed by atoms with Gasteiger partial charge in [-0.25, -0.2) is 0 Å². The van der Waals surface area contributed by atoms with Gasteiger partial charge in [0.05, 0.1) is 18.2 Å². The summed E-state index contributed by atoms with van der Waals surface area (Å²) in [5.41, 5.74) is 7.23. The average Bonchev–Trinajstić information content (AvgIpc) is 2.78. The van der Waals surface area contributed by atoms with E-state index in [4.69, 9.17) is 22.1 Å². The number of methoxy groups -OCH3 is 1. The van der Waals surface area contributed by atoms with Crippen LogP contribution in [0.2, 0.25) is 5.02 Å². The number of nitrogens with two attached hydrogens (primary N) is 1. The minimum atomic E-state index is 0.0208. The highest BCUT2D eigenvalue weighted by Crippen LogP contribution is 2.40. The number of anilines is 1. The molecule has 1 aliphatic carbocycles. The molecule has 1 aromatic rings. The van der Waals surface area contributed by atoms with Crippen molar-refractivity contribution < 1.29 is 4.74 Å². The lowest BCUT2D eigenvalue weighted by atomic mass is 9.79. The maximum absolute atomic E-state index is 6.13. The van der Waals surface area contributed by atoms with Crippen molar-refractivity contribution >= 4 is 23.2 Å². The Balaban J connectivity index is 1.87. The lowest BCUT2D eigenvalue weighted by Gasteiger charge is -2.43. The molecule has 1 fully saturated rings. The van der Waals surface area contributed by atoms with Gasteiger partial charge in [0.1, 0.15) is 0 Å². The molecule has 0 aromatic heterocycles. The Morgan fingerprint density at radius 1 is 1.30 bits per heavy atom. The fourth-order valence-corrected chi connectivity index (χ4v) is 3.48. The van der Waals surface area contributed by atoms with Crippen LogP contribution in [0.3, 0.4) is 0 Å². The number of benzene rings is 1. The molecule has 2 N–H and O–H groups in total. The molecule has 0 amide bonds. The minimum Gasteiger partial charge on any atom is -0.381 e. The number of aliphatic imine (C=N–C) groups is 1. The maximum atomic E-state index is 6.13. The molecule has 0 unspecified atom stereocenters. The molecule has 4 nitrogen and oxygen atoms in total. The van der Waals surface area contributed by atoms with Gasteiger partial charge in [0, 0.05) is 17.8 Å². The van der Waals surface area contributed by atoms with Gasteiger partial charge >= 0.3 is 0 Å². The molecule has 0 saturated heterocycles. The first-order chi connectivity index (χ1) is 9.64. The molecular formula is C15H20ClN3O. The minimum absolute atomic E-state index is 0.0208. The van der Waals surface area contributed by atoms with Gasteiger partial charge in [-0.1, -0.05) is 11.6 Å². The highest BCUT2D eigenvalue weighted by Gasteiger charge is 2.45. The molecule has 0 bridgehead atoms. The smallest absolute Gasteiger partial charge is 0.196 e. The number of halogens is 1. The molecule has 5 heteroatoms. The van der Waals surface area contributed by atoms with Crippen LogP contribution in [0.15, 0.2) is 29.3 Å². The second kappa shape index (κ2) is 5.26. The number of guanidine groups is 1. The van der Waals surface area contributed by atoms with E-state index in [1.165, 1.54) is 0 Å². The van der Waals surface area contributed by atoms with Crippen LogP contribution in [0.1, 0.15) is 25.7 Å². The molecule has 0 radical (unpaired) electrons. The van der Waals surface area contributed by atoms with E-state index in [0.29, 0.717) is 12.1 Å². The molecule has 3 rings (SSSR count). The van der Waals surface area contributed by atoms with E-state index < -0.39 is 0 Å². The van der Waals surface area contributed by atoms with Gasteiger partial charge in [0.15, 0.2) is 5.96 Å². The van der Waals surface area contributed by atoms with Gasteiger partial charge in [-0.3, -0.25) is 4.99 Å². The maximum Gasteiger partial charge on any atom is 0.196 e. The Hall–Kier alpha value is -1.26. The number of hydrogen-bond acceptors (Lipinski definition) is 4. The molecular weight excluding hydrogens is 274 g/mol. The first kappa shape index (κ1) is 13.7. The Bertz CT molecular complexity index is 506. The zero-order valence-electron chi connectivity index (χ0n) is 11.7. The third-order valence-electron chi connectivity index (χ3n) is 4.52. The molecule has 108 valence electrons. The summed E-state index contributed by atoms with van der Waals surface area (Å²) in [5.74, 6) is 0.614. The van der Waals surface area contributed by atoms with Gasteiger partial charge in [-0.2, -0.15) is 0 Å². The van der Waals surface area contributed by atoms with Crippen LogP contribution >= 0.6 is 11.6 Å². The van der Waals surface area contributed by atoms with Crippen LogP contribution in [0.5, 0.6) is 0 Å². The Morgan fingerprint density at radius 3 is 2.55 bits per heavy atom. The van der Waals surface area contributed by atoms with Gasteiger partial charge in [0.2, 0.25) is 0 Å². The van der Waals surface area contributed by atoms with E-state index in [0.717, 1.165) is 42.9 Å². The van der Waals surface area contributed by atoms with E-state index in [1.54, 1.807) is 7.11 Å². The summed E-state index contributed by atoms with van der Waals surface area (Å²) in [6.07, 6.45) is 4.60. The van der Waals surface area contributed by atoms with Gasteiger partial charge in [-0.15, -0.1) is 0 Å². The van der Waals surface area contributed by atoms with E-state index in [9.17, 15) is 0 Å². The van der Waals surface area contributed by atoms with Crippen LogP contribution in [0, 0.1) is 0 Å². The zero-order chi connectivity index (χ0) is 14.2. The molecule has 20 heavy (non-hydrogen) atoms. The van der Waals surface area contributed by atoms with Crippen molar-refractivity contribution in [2.24, 2.45) is 10.7 Å². The number of ether oxygens (including phenoxy) is 1. The van der Waals surface area contributed by atoms with Gasteiger partial charge in [0.25, 0.3) is 0 Å². The summed E-state index contributed by atoms with van der Waals surface area (Å²) in [6.45, 7) is 0.776. The zero-order valence-corrected chi connectivity index (χ0v) is 12.4. The SMILES string of the molecule is COC1CCC2(CC1)CN=C(N)N2c1ccc(Cl)cc1. The fraction of sp³-hybridized carbons (Fsp3) is 0.533. The van der Waals surface area contributed by atoms with Crippen LogP contribution in [0.4, 0.5) is 5.69 Å². The molecule has 1 aliphatic heterocycles. The summed E-state index contributed by atoms with van der Waals surface area (Å²) < 4.78 is 5.47. The predicted octanol–water partition coefficient (Wildman–Crippen LogP) is 2.80. The van der Waals surface area contributed by atoms with E-state index in [2.05, 4.69) is 9.89 Å². The highest BCUT2D eigenvalue weighted by molar-refractivity contribution is 6.30. The van der Waals surface area contributed by atoms with Gasteiger partial charge < -0.3 is 15.4 Å². The summed E-state index contributed by atoms with van der Waals surface area (Å²) in [7, 11) is 1.79. The first-order valence-corrected chi connectivity index (χ1v) is 7.41. The molecule has 2 aliphatic rings.